The predicted molar refractivity (Wildman–Crippen MR) is 160 cm³/mol. The summed E-state index contributed by atoms with van der Waals surface area (Å²) in [6.45, 7) is 8.81. The minimum Gasteiger partial charge on any atom is -0.335 e. The third-order valence-electron chi connectivity index (χ3n) is 6.77. The molecule has 37 heavy (non-hydrogen) atoms. The first kappa shape index (κ1) is 24.2. The van der Waals surface area contributed by atoms with Gasteiger partial charge < -0.3 is 4.90 Å². The highest BCUT2D eigenvalue weighted by Crippen LogP contribution is 2.49. The minimum atomic E-state index is 0.0776. The Morgan fingerprint density at radius 3 is 2.51 bits per heavy atom. The maximum Gasteiger partial charge on any atom is 0.269 e. The van der Waals surface area contributed by atoms with E-state index in [4.69, 9.17) is 0 Å². The average Bonchev–Trinajstić information content (AvgIpc) is 3.57. The predicted octanol–water partition coefficient (Wildman–Crippen LogP) is 5.69. The van der Waals surface area contributed by atoms with Crippen LogP contribution in [-0.4, -0.2) is 11.1 Å². The molecule has 0 saturated carbocycles. The normalized spacial score (nSPS) is 15.5. The van der Waals surface area contributed by atoms with Crippen LogP contribution in [-0.2, 0) is 13.1 Å². The van der Waals surface area contributed by atoms with Crippen molar-refractivity contribution in [2.45, 2.75) is 38.8 Å². The molecule has 0 N–H and O–H groups in total. The standard InChI is InChI=1S/C30H28N3OS3/c1-4-31-22-13-9-10-14-24(22)35-27(31)19-28-33(6-3)30(34)25(36-28)17-18-26-32(5-2)23-16-15-20-11-7-8-12-21(20)29(23)37-26/h7-19H,4-6H2,1-3H3/q+1. The van der Waals surface area contributed by atoms with Crippen LogP contribution in [0.25, 0.3) is 33.1 Å². The molecule has 3 aromatic carbocycles. The number of thiazole rings is 2. The lowest BCUT2D eigenvalue weighted by Crippen LogP contribution is -2.35. The monoisotopic (exact) mass is 542 g/mol. The Morgan fingerprint density at radius 1 is 0.892 bits per heavy atom. The maximum absolute atomic E-state index is 13.4. The summed E-state index contributed by atoms with van der Waals surface area (Å²) >= 11 is 5.14. The second-order valence-electron chi connectivity index (χ2n) is 8.80. The van der Waals surface area contributed by atoms with Gasteiger partial charge in [-0.25, -0.2) is 0 Å². The highest BCUT2D eigenvalue weighted by atomic mass is 32.2. The van der Waals surface area contributed by atoms with Crippen LogP contribution < -0.4 is 24.2 Å². The number of thioether (sulfide) groups is 1. The van der Waals surface area contributed by atoms with Crippen molar-refractivity contribution in [2.75, 3.05) is 11.4 Å². The van der Waals surface area contributed by atoms with E-state index in [2.05, 4.69) is 96.1 Å². The zero-order valence-corrected chi connectivity index (χ0v) is 23.6. The van der Waals surface area contributed by atoms with Gasteiger partial charge in [0.15, 0.2) is 0 Å². The second kappa shape index (κ2) is 9.97. The fourth-order valence-electron chi connectivity index (χ4n) is 4.98. The Morgan fingerprint density at radius 2 is 1.70 bits per heavy atom. The molecule has 0 atom stereocenters. The molecule has 0 unspecified atom stereocenters. The van der Waals surface area contributed by atoms with Crippen LogP contribution in [0.3, 0.4) is 0 Å². The van der Waals surface area contributed by atoms with Crippen LogP contribution in [0.2, 0.25) is 0 Å². The van der Waals surface area contributed by atoms with Crippen LogP contribution in [0, 0.1) is 0 Å². The summed E-state index contributed by atoms with van der Waals surface area (Å²) in [4.78, 5) is 17.0. The zero-order valence-electron chi connectivity index (χ0n) is 21.1. The molecule has 0 fully saturated rings. The van der Waals surface area contributed by atoms with Gasteiger partial charge in [0.05, 0.1) is 21.3 Å². The molecule has 0 aliphatic carbocycles. The molecule has 0 bridgehead atoms. The summed E-state index contributed by atoms with van der Waals surface area (Å²) in [7, 11) is 0. The van der Waals surface area contributed by atoms with Gasteiger partial charge in [0, 0.05) is 24.1 Å². The van der Waals surface area contributed by atoms with Crippen LogP contribution in [0.15, 0.2) is 81.5 Å². The van der Waals surface area contributed by atoms with Gasteiger partial charge >= 0.3 is 0 Å². The number of fused-ring (bicyclic) bond motifs is 4. The SMILES string of the molecule is CCN1C(=CC=c2sc(=Cc3sc4ccccc4[n+]3CC)n(CC)c2=O)Sc2c1ccc1ccccc21. The number of nitrogens with zero attached hydrogens (tertiary/aromatic N) is 3. The third-order valence-corrected chi connectivity index (χ3v) is 10.2. The van der Waals surface area contributed by atoms with Crippen LogP contribution >= 0.6 is 34.4 Å². The molecular formula is C30H28N3OS3+. The molecule has 2 aromatic heterocycles. The van der Waals surface area contributed by atoms with E-state index in [1.54, 1.807) is 34.4 Å². The van der Waals surface area contributed by atoms with E-state index in [-0.39, 0.29) is 5.56 Å². The number of allylic oxidation sites excluding steroid dienone is 1. The number of hydrogen-bond donors (Lipinski definition) is 0. The number of hydrogen-bond acceptors (Lipinski definition) is 5. The van der Waals surface area contributed by atoms with E-state index >= 15 is 0 Å². The number of aryl methyl sites for hydroxylation is 1. The van der Waals surface area contributed by atoms with Crippen LogP contribution in [0.4, 0.5) is 5.69 Å². The van der Waals surface area contributed by atoms with Crippen molar-refractivity contribution in [1.82, 2.24) is 4.57 Å². The molecule has 0 spiro atoms. The number of aromatic nitrogens is 2. The van der Waals surface area contributed by atoms with Gasteiger partial charge in [-0.1, -0.05) is 65.6 Å². The molecule has 0 amide bonds. The molecule has 3 heterocycles. The van der Waals surface area contributed by atoms with Gasteiger partial charge in [0.25, 0.3) is 10.6 Å². The summed E-state index contributed by atoms with van der Waals surface area (Å²) in [6, 6.07) is 21.4. The summed E-state index contributed by atoms with van der Waals surface area (Å²) in [5.41, 5.74) is 2.56. The van der Waals surface area contributed by atoms with Gasteiger partial charge in [-0.2, -0.15) is 4.57 Å². The van der Waals surface area contributed by atoms with Gasteiger partial charge in [-0.05, 0) is 55.8 Å². The first-order valence-corrected chi connectivity index (χ1v) is 15.1. The molecule has 4 nitrogen and oxygen atoms in total. The fourth-order valence-corrected chi connectivity index (χ4v) is 8.53. The topological polar surface area (TPSA) is 29.1 Å². The number of rotatable bonds is 5. The molecule has 0 saturated heterocycles. The smallest absolute Gasteiger partial charge is 0.269 e. The molecule has 0 radical (unpaired) electrons. The molecule has 5 aromatic rings. The molecule has 6 rings (SSSR count). The van der Waals surface area contributed by atoms with Crippen molar-refractivity contribution in [3.63, 3.8) is 0 Å². The Labute approximate surface area is 228 Å². The van der Waals surface area contributed by atoms with Crippen molar-refractivity contribution in [1.29, 1.82) is 0 Å². The quantitative estimate of drug-likeness (QED) is 0.267. The van der Waals surface area contributed by atoms with E-state index in [0.717, 1.165) is 27.3 Å². The average molecular weight is 543 g/mol. The van der Waals surface area contributed by atoms with Crippen molar-refractivity contribution in [3.8, 4) is 0 Å². The van der Waals surface area contributed by atoms with Gasteiger partial charge in [-0.15, -0.1) is 11.3 Å². The number of benzene rings is 3. The highest BCUT2D eigenvalue weighted by molar-refractivity contribution is 8.04. The van der Waals surface area contributed by atoms with Crippen LogP contribution in [0.1, 0.15) is 25.8 Å². The van der Waals surface area contributed by atoms with Crippen molar-refractivity contribution < 1.29 is 4.57 Å². The first-order chi connectivity index (χ1) is 18.1. The maximum atomic E-state index is 13.4. The first-order valence-electron chi connectivity index (χ1n) is 12.6. The summed E-state index contributed by atoms with van der Waals surface area (Å²) < 4.78 is 7.24. The van der Waals surface area contributed by atoms with Crippen molar-refractivity contribution >= 4 is 73.3 Å². The van der Waals surface area contributed by atoms with Gasteiger partial charge in [0.2, 0.25) is 5.52 Å². The molecule has 1 aliphatic rings. The van der Waals surface area contributed by atoms with Gasteiger partial charge in [0.1, 0.15) is 15.9 Å². The Bertz CT molecular complexity index is 1860. The van der Waals surface area contributed by atoms with Crippen LogP contribution in [0.5, 0.6) is 0 Å². The Kier molecular flexibility index (Phi) is 6.53. The second-order valence-corrected chi connectivity index (χ2v) is 12.0. The Balaban J connectivity index is 1.45. The lowest BCUT2D eigenvalue weighted by Gasteiger charge is -2.17. The minimum absolute atomic E-state index is 0.0776. The summed E-state index contributed by atoms with van der Waals surface area (Å²) in [5.74, 6) is 0. The highest BCUT2D eigenvalue weighted by Gasteiger charge is 2.25. The van der Waals surface area contributed by atoms with E-state index in [0.29, 0.717) is 6.54 Å². The van der Waals surface area contributed by atoms with Crippen molar-refractivity contribution in [3.05, 3.63) is 96.3 Å². The van der Waals surface area contributed by atoms with E-state index in [1.807, 2.05) is 17.6 Å². The summed E-state index contributed by atoms with van der Waals surface area (Å²) in [5, 5.41) is 4.86. The summed E-state index contributed by atoms with van der Waals surface area (Å²) in [6.07, 6.45) is 6.30. The zero-order chi connectivity index (χ0) is 25.5. The largest absolute Gasteiger partial charge is 0.335 e. The van der Waals surface area contributed by atoms with E-state index in [9.17, 15) is 4.79 Å². The van der Waals surface area contributed by atoms with E-state index < -0.39 is 0 Å². The van der Waals surface area contributed by atoms with Crippen molar-refractivity contribution in [2.24, 2.45) is 0 Å². The fraction of sp³-hybridized carbons (Fsp3) is 0.200. The Hall–Kier alpha value is -3.13. The lowest BCUT2D eigenvalue weighted by molar-refractivity contribution is -0.665. The number of anilines is 1. The molecule has 1 aliphatic heterocycles. The number of para-hydroxylation sites is 1. The molecular weight excluding hydrogens is 515 g/mol. The molecule has 186 valence electrons. The lowest BCUT2D eigenvalue weighted by atomic mass is 10.1. The van der Waals surface area contributed by atoms with E-state index in [1.165, 1.54) is 36.6 Å². The molecule has 7 heteroatoms. The van der Waals surface area contributed by atoms with Gasteiger partial charge in [-0.3, -0.25) is 9.36 Å². The third kappa shape index (κ3) is 4.15.